The Morgan fingerprint density at radius 2 is 2.38 bits per heavy atom. The third-order valence-corrected chi connectivity index (χ3v) is 3.30. The standard InChI is InChI=1S/C11H20N2/c1-3-8(2)9-4-5-11(13)10(6-9)7-12/h7-9,12H,3-6,13H2,1-2H3. The molecule has 0 fully saturated rings. The lowest BCUT2D eigenvalue weighted by Crippen LogP contribution is -2.20. The first-order chi connectivity index (χ1) is 6.19. The van der Waals surface area contributed by atoms with Crippen molar-refractivity contribution in [2.45, 2.75) is 39.5 Å². The summed E-state index contributed by atoms with van der Waals surface area (Å²) in [7, 11) is 0. The van der Waals surface area contributed by atoms with Gasteiger partial charge in [0, 0.05) is 11.9 Å². The van der Waals surface area contributed by atoms with E-state index in [1.165, 1.54) is 19.1 Å². The highest BCUT2D eigenvalue weighted by atomic mass is 14.6. The van der Waals surface area contributed by atoms with Gasteiger partial charge in [-0.15, -0.1) is 0 Å². The topological polar surface area (TPSA) is 49.9 Å². The molecule has 0 spiro atoms. The predicted octanol–water partition coefficient (Wildman–Crippen LogP) is 2.69. The van der Waals surface area contributed by atoms with Crippen LogP contribution in [0.2, 0.25) is 0 Å². The number of rotatable bonds is 3. The summed E-state index contributed by atoms with van der Waals surface area (Å²) >= 11 is 0. The molecule has 0 saturated heterocycles. The Bertz CT molecular complexity index is 218. The van der Waals surface area contributed by atoms with E-state index in [1.54, 1.807) is 0 Å². The van der Waals surface area contributed by atoms with E-state index in [0.717, 1.165) is 35.9 Å². The quantitative estimate of drug-likeness (QED) is 0.644. The van der Waals surface area contributed by atoms with Crippen molar-refractivity contribution in [2.75, 3.05) is 0 Å². The molecule has 13 heavy (non-hydrogen) atoms. The van der Waals surface area contributed by atoms with Gasteiger partial charge in [-0.05, 0) is 36.7 Å². The van der Waals surface area contributed by atoms with E-state index in [2.05, 4.69) is 13.8 Å². The molecule has 2 nitrogen and oxygen atoms in total. The van der Waals surface area contributed by atoms with Gasteiger partial charge in [-0.2, -0.15) is 0 Å². The third kappa shape index (κ3) is 2.33. The molecule has 0 aliphatic heterocycles. The lowest BCUT2D eigenvalue weighted by Gasteiger charge is -2.28. The molecule has 2 heteroatoms. The van der Waals surface area contributed by atoms with Crippen molar-refractivity contribution in [3.05, 3.63) is 11.3 Å². The van der Waals surface area contributed by atoms with Gasteiger partial charge in [-0.1, -0.05) is 20.3 Å². The van der Waals surface area contributed by atoms with Crippen LogP contribution in [-0.4, -0.2) is 6.21 Å². The van der Waals surface area contributed by atoms with Crippen LogP contribution >= 0.6 is 0 Å². The molecule has 0 radical (unpaired) electrons. The lowest BCUT2D eigenvalue weighted by atomic mass is 9.79. The van der Waals surface area contributed by atoms with Crippen molar-refractivity contribution < 1.29 is 0 Å². The van der Waals surface area contributed by atoms with Gasteiger partial charge in [0.05, 0.1) is 0 Å². The maximum absolute atomic E-state index is 7.25. The van der Waals surface area contributed by atoms with Crippen molar-refractivity contribution in [1.82, 2.24) is 0 Å². The monoisotopic (exact) mass is 180 g/mol. The molecular formula is C11H20N2. The molecule has 3 N–H and O–H groups in total. The fraction of sp³-hybridized carbons (Fsp3) is 0.727. The highest BCUT2D eigenvalue weighted by Crippen LogP contribution is 2.32. The summed E-state index contributed by atoms with van der Waals surface area (Å²) in [6.45, 7) is 4.53. The Labute approximate surface area is 80.7 Å². The molecule has 0 saturated carbocycles. The first kappa shape index (κ1) is 10.3. The third-order valence-electron chi connectivity index (χ3n) is 3.30. The maximum atomic E-state index is 7.25. The van der Waals surface area contributed by atoms with Gasteiger partial charge in [0.25, 0.3) is 0 Å². The molecule has 1 rings (SSSR count). The smallest absolute Gasteiger partial charge is 0.0227 e. The molecule has 2 atom stereocenters. The fourth-order valence-electron chi connectivity index (χ4n) is 1.99. The average molecular weight is 180 g/mol. The van der Waals surface area contributed by atoms with Crippen LogP contribution in [0.3, 0.4) is 0 Å². The van der Waals surface area contributed by atoms with Crippen molar-refractivity contribution in [2.24, 2.45) is 17.6 Å². The number of nitrogens with one attached hydrogen (secondary N) is 1. The molecule has 2 unspecified atom stereocenters. The largest absolute Gasteiger partial charge is 0.402 e. The van der Waals surface area contributed by atoms with Crippen LogP contribution in [0, 0.1) is 17.2 Å². The van der Waals surface area contributed by atoms with E-state index in [9.17, 15) is 0 Å². The minimum absolute atomic E-state index is 0.744. The highest BCUT2D eigenvalue weighted by Gasteiger charge is 2.22. The Balaban J connectivity index is 2.64. The summed E-state index contributed by atoms with van der Waals surface area (Å²) in [5.41, 5.74) is 7.83. The average Bonchev–Trinajstić information content (AvgIpc) is 2.17. The minimum atomic E-state index is 0.744. The Hall–Kier alpha value is -0.790. The molecule has 0 bridgehead atoms. The molecule has 0 amide bonds. The fourth-order valence-corrected chi connectivity index (χ4v) is 1.99. The van der Waals surface area contributed by atoms with Gasteiger partial charge in [0.2, 0.25) is 0 Å². The number of allylic oxidation sites excluding steroid dienone is 2. The van der Waals surface area contributed by atoms with Crippen molar-refractivity contribution in [1.29, 1.82) is 5.41 Å². The van der Waals surface area contributed by atoms with E-state index in [-0.39, 0.29) is 0 Å². The highest BCUT2D eigenvalue weighted by molar-refractivity contribution is 5.77. The minimum Gasteiger partial charge on any atom is -0.402 e. The molecular weight excluding hydrogens is 160 g/mol. The summed E-state index contributed by atoms with van der Waals surface area (Å²) in [5, 5.41) is 7.25. The summed E-state index contributed by atoms with van der Waals surface area (Å²) in [4.78, 5) is 0. The molecule has 0 aromatic carbocycles. The molecule has 1 aliphatic carbocycles. The Morgan fingerprint density at radius 1 is 1.69 bits per heavy atom. The first-order valence-electron chi connectivity index (χ1n) is 5.17. The van der Waals surface area contributed by atoms with Gasteiger partial charge in [0.1, 0.15) is 0 Å². The predicted molar refractivity (Wildman–Crippen MR) is 56.8 cm³/mol. The second kappa shape index (κ2) is 4.45. The SMILES string of the molecule is CCC(C)C1CCC(N)=C(C=N)C1. The van der Waals surface area contributed by atoms with Crippen LogP contribution in [0.5, 0.6) is 0 Å². The lowest BCUT2D eigenvalue weighted by molar-refractivity contribution is 0.315. The van der Waals surface area contributed by atoms with E-state index < -0.39 is 0 Å². The van der Waals surface area contributed by atoms with Crippen LogP contribution < -0.4 is 5.73 Å². The van der Waals surface area contributed by atoms with Crippen molar-refractivity contribution in [3.63, 3.8) is 0 Å². The normalized spacial score (nSPS) is 25.8. The van der Waals surface area contributed by atoms with Gasteiger partial charge in [0.15, 0.2) is 0 Å². The summed E-state index contributed by atoms with van der Waals surface area (Å²) in [5.74, 6) is 1.51. The van der Waals surface area contributed by atoms with E-state index in [1.807, 2.05) is 0 Å². The van der Waals surface area contributed by atoms with E-state index in [0.29, 0.717) is 0 Å². The van der Waals surface area contributed by atoms with Gasteiger partial charge in [-0.3, -0.25) is 0 Å². The zero-order valence-electron chi connectivity index (χ0n) is 8.64. The zero-order valence-corrected chi connectivity index (χ0v) is 8.64. The molecule has 0 aromatic heterocycles. The van der Waals surface area contributed by atoms with Gasteiger partial charge in [-0.25, -0.2) is 0 Å². The Morgan fingerprint density at radius 3 is 2.92 bits per heavy atom. The van der Waals surface area contributed by atoms with E-state index >= 15 is 0 Å². The van der Waals surface area contributed by atoms with Crippen molar-refractivity contribution in [3.8, 4) is 0 Å². The Kier molecular flexibility index (Phi) is 3.52. The number of nitrogens with two attached hydrogens (primary N) is 1. The van der Waals surface area contributed by atoms with Gasteiger partial charge >= 0.3 is 0 Å². The zero-order chi connectivity index (χ0) is 9.84. The summed E-state index contributed by atoms with van der Waals surface area (Å²) in [6, 6.07) is 0. The van der Waals surface area contributed by atoms with E-state index in [4.69, 9.17) is 11.1 Å². The molecule has 74 valence electrons. The van der Waals surface area contributed by atoms with Crippen LogP contribution in [0.25, 0.3) is 0 Å². The van der Waals surface area contributed by atoms with Crippen LogP contribution in [0.1, 0.15) is 39.5 Å². The van der Waals surface area contributed by atoms with Crippen LogP contribution in [0.15, 0.2) is 11.3 Å². The maximum Gasteiger partial charge on any atom is 0.0227 e. The number of hydrogen-bond acceptors (Lipinski definition) is 2. The number of hydrogen-bond donors (Lipinski definition) is 2. The molecule has 1 aliphatic rings. The van der Waals surface area contributed by atoms with Gasteiger partial charge < -0.3 is 11.1 Å². The molecule has 0 heterocycles. The van der Waals surface area contributed by atoms with Crippen LogP contribution in [-0.2, 0) is 0 Å². The second-order valence-corrected chi connectivity index (χ2v) is 4.08. The molecule has 0 aromatic rings. The summed E-state index contributed by atoms with van der Waals surface area (Å²) in [6.07, 6.45) is 5.88. The second-order valence-electron chi connectivity index (χ2n) is 4.08. The van der Waals surface area contributed by atoms with Crippen molar-refractivity contribution >= 4 is 6.21 Å². The van der Waals surface area contributed by atoms with Crippen LogP contribution in [0.4, 0.5) is 0 Å². The summed E-state index contributed by atoms with van der Waals surface area (Å²) < 4.78 is 0. The first-order valence-corrected chi connectivity index (χ1v) is 5.17.